The second kappa shape index (κ2) is 4.84. The minimum Gasteiger partial charge on any atom is -0.353 e. The fraction of sp³-hybridized carbons (Fsp3) is 0.538. The molecule has 0 atom stereocenters. The summed E-state index contributed by atoms with van der Waals surface area (Å²) in [4.78, 5) is 8.80. The van der Waals surface area contributed by atoms with Crippen LogP contribution in [0, 0.1) is 19.3 Å². The Labute approximate surface area is 103 Å². The molecule has 1 aliphatic rings. The van der Waals surface area contributed by atoms with Gasteiger partial charge in [-0.25, -0.2) is 0 Å². The number of pyridine rings is 1. The van der Waals surface area contributed by atoms with Crippen molar-refractivity contribution < 1.29 is 0 Å². The summed E-state index contributed by atoms with van der Waals surface area (Å²) in [6, 6.07) is 2.09. The zero-order valence-electron chi connectivity index (χ0n) is 10.8. The summed E-state index contributed by atoms with van der Waals surface area (Å²) >= 11 is 0. The number of nitrogens with one attached hydrogen (secondary N) is 1. The van der Waals surface area contributed by atoms with Crippen molar-refractivity contribution in [1.82, 2.24) is 14.8 Å². The molecule has 17 heavy (non-hydrogen) atoms. The second-order valence-corrected chi connectivity index (χ2v) is 4.82. The zero-order valence-corrected chi connectivity index (χ0v) is 10.8. The fourth-order valence-electron chi connectivity index (χ4n) is 2.14. The predicted octanol–water partition coefficient (Wildman–Crippen LogP) is 1.27. The van der Waals surface area contributed by atoms with Gasteiger partial charge in [-0.1, -0.05) is 6.07 Å². The Bertz CT molecular complexity index is 419. The number of hydrogen-bond donors (Lipinski definition) is 1. The SMILES string of the molecule is Cc1cnc(C(=N)N2CCN(C)CC2)c(C)c1. The zero-order chi connectivity index (χ0) is 12.4. The van der Waals surface area contributed by atoms with Crippen molar-refractivity contribution in [3.63, 3.8) is 0 Å². The Kier molecular flexibility index (Phi) is 3.43. The van der Waals surface area contributed by atoms with E-state index in [0.29, 0.717) is 5.84 Å². The van der Waals surface area contributed by atoms with Gasteiger partial charge in [-0.3, -0.25) is 10.4 Å². The highest BCUT2D eigenvalue weighted by Gasteiger charge is 2.19. The largest absolute Gasteiger partial charge is 0.353 e. The van der Waals surface area contributed by atoms with Crippen molar-refractivity contribution in [3.05, 3.63) is 29.1 Å². The number of amidine groups is 1. The van der Waals surface area contributed by atoms with Crippen LogP contribution < -0.4 is 0 Å². The van der Waals surface area contributed by atoms with Gasteiger partial charge in [0.05, 0.1) is 0 Å². The maximum atomic E-state index is 8.25. The molecule has 2 rings (SSSR count). The van der Waals surface area contributed by atoms with Crippen molar-refractivity contribution in [1.29, 1.82) is 5.41 Å². The first-order chi connectivity index (χ1) is 8.08. The van der Waals surface area contributed by atoms with Crippen LogP contribution in [0.5, 0.6) is 0 Å². The maximum absolute atomic E-state index is 8.25. The molecule has 0 aliphatic carbocycles. The molecular formula is C13H20N4. The molecule has 0 amide bonds. The Morgan fingerprint density at radius 1 is 1.24 bits per heavy atom. The second-order valence-electron chi connectivity index (χ2n) is 4.82. The lowest BCUT2D eigenvalue weighted by Crippen LogP contribution is -2.47. The molecule has 0 aromatic carbocycles. The third kappa shape index (κ3) is 2.64. The average Bonchev–Trinajstić information content (AvgIpc) is 2.29. The molecule has 0 bridgehead atoms. The summed E-state index contributed by atoms with van der Waals surface area (Å²) in [6.07, 6.45) is 1.84. The van der Waals surface area contributed by atoms with Crippen LogP contribution in [0.2, 0.25) is 0 Å². The van der Waals surface area contributed by atoms with E-state index >= 15 is 0 Å². The van der Waals surface area contributed by atoms with E-state index in [0.717, 1.165) is 43.0 Å². The third-order valence-corrected chi connectivity index (χ3v) is 3.26. The smallest absolute Gasteiger partial charge is 0.147 e. The molecule has 1 aliphatic heterocycles. The van der Waals surface area contributed by atoms with Crippen LogP contribution in [-0.2, 0) is 0 Å². The lowest BCUT2D eigenvalue weighted by atomic mass is 10.1. The molecule has 0 saturated carbocycles. The molecule has 1 fully saturated rings. The highest BCUT2D eigenvalue weighted by Crippen LogP contribution is 2.11. The van der Waals surface area contributed by atoms with Crippen molar-refractivity contribution in [3.8, 4) is 0 Å². The monoisotopic (exact) mass is 232 g/mol. The van der Waals surface area contributed by atoms with Crippen LogP contribution in [-0.4, -0.2) is 53.8 Å². The van der Waals surface area contributed by atoms with Gasteiger partial charge in [0.15, 0.2) is 0 Å². The Morgan fingerprint density at radius 3 is 2.47 bits per heavy atom. The van der Waals surface area contributed by atoms with Gasteiger partial charge in [-0.15, -0.1) is 0 Å². The Balaban J connectivity index is 2.14. The molecular weight excluding hydrogens is 212 g/mol. The minimum atomic E-state index is 0.565. The lowest BCUT2D eigenvalue weighted by molar-refractivity contribution is 0.215. The molecule has 0 radical (unpaired) electrons. The van der Waals surface area contributed by atoms with Gasteiger partial charge in [-0.05, 0) is 32.0 Å². The molecule has 4 heteroatoms. The average molecular weight is 232 g/mol. The number of likely N-dealkylation sites (N-methyl/N-ethyl adjacent to an activating group) is 1. The highest BCUT2D eigenvalue weighted by molar-refractivity contribution is 5.95. The molecule has 0 spiro atoms. The van der Waals surface area contributed by atoms with Gasteiger partial charge in [0.25, 0.3) is 0 Å². The number of hydrogen-bond acceptors (Lipinski definition) is 3. The van der Waals surface area contributed by atoms with Gasteiger partial charge in [0, 0.05) is 32.4 Å². The van der Waals surface area contributed by atoms with E-state index in [1.54, 1.807) is 0 Å². The molecule has 1 aromatic heterocycles. The van der Waals surface area contributed by atoms with Crippen molar-refractivity contribution in [2.45, 2.75) is 13.8 Å². The quantitative estimate of drug-likeness (QED) is 0.586. The van der Waals surface area contributed by atoms with Crippen LogP contribution in [0.1, 0.15) is 16.8 Å². The third-order valence-electron chi connectivity index (χ3n) is 3.26. The van der Waals surface area contributed by atoms with E-state index in [2.05, 4.69) is 27.9 Å². The standard InChI is InChI=1S/C13H20N4/c1-10-8-11(2)12(15-9-10)13(14)17-6-4-16(3)5-7-17/h8-9,14H,4-7H2,1-3H3. The summed E-state index contributed by atoms with van der Waals surface area (Å²) in [5.41, 5.74) is 3.06. The topological polar surface area (TPSA) is 43.2 Å². The summed E-state index contributed by atoms with van der Waals surface area (Å²) in [5.74, 6) is 0.565. The van der Waals surface area contributed by atoms with E-state index in [9.17, 15) is 0 Å². The molecule has 1 aromatic rings. The van der Waals surface area contributed by atoms with Crippen LogP contribution in [0.15, 0.2) is 12.3 Å². The summed E-state index contributed by atoms with van der Waals surface area (Å²) < 4.78 is 0. The van der Waals surface area contributed by atoms with Crippen molar-refractivity contribution in [2.75, 3.05) is 33.2 Å². The first kappa shape index (κ1) is 12.0. The maximum Gasteiger partial charge on any atom is 0.147 e. The number of aryl methyl sites for hydroxylation is 2. The van der Waals surface area contributed by atoms with Gasteiger partial charge in [0.1, 0.15) is 11.5 Å². The first-order valence-electron chi connectivity index (χ1n) is 6.03. The number of rotatable bonds is 1. The number of piperazine rings is 1. The van der Waals surface area contributed by atoms with E-state index in [4.69, 9.17) is 5.41 Å². The van der Waals surface area contributed by atoms with Crippen LogP contribution >= 0.6 is 0 Å². The molecule has 1 N–H and O–H groups in total. The molecule has 92 valence electrons. The fourth-order valence-corrected chi connectivity index (χ4v) is 2.14. The number of aromatic nitrogens is 1. The number of nitrogens with zero attached hydrogens (tertiary/aromatic N) is 3. The van der Waals surface area contributed by atoms with Gasteiger partial charge in [0.2, 0.25) is 0 Å². The summed E-state index contributed by atoms with van der Waals surface area (Å²) in [6.45, 7) is 7.94. The molecule has 1 saturated heterocycles. The van der Waals surface area contributed by atoms with Gasteiger partial charge < -0.3 is 9.80 Å². The first-order valence-corrected chi connectivity index (χ1v) is 6.03. The van der Waals surface area contributed by atoms with E-state index in [1.165, 1.54) is 0 Å². The lowest BCUT2D eigenvalue weighted by Gasteiger charge is -2.34. The van der Waals surface area contributed by atoms with Crippen LogP contribution in [0.4, 0.5) is 0 Å². The predicted molar refractivity (Wildman–Crippen MR) is 69.6 cm³/mol. The van der Waals surface area contributed by atoms with Crippen LogP contribution in [0.25, 0.3) is 0 Å². The van der Waals surface area contributed by atoms with E-state index in [1.807, 2.05) is 20.0 Å². The minimum absolute atomic E-state index is 0.565. The molecule has 2 heterocycles. The van der Waals surface area contributed by atoms with E-state index in [-0.39, 0.29) is 0 Å². The Morgan fingerprint density at radius 2 is 1.88 bits per heavy atom. The molecule has 0 unspecified atom stereocenters. The summed E-state index contributed by atoms with van der Waals surface area (Å²) in [5, 5.41) is 8.25. The van der Waals surface area contributed by atoms with Gasteiger partial charge >= 0.3 is 0 Å². The van der Waals surface area contributed by atoms with Gasteiger partial charge in [-0.2, -0.15) is 0 Å². The summed E-state index contributed by atoms with van der Waals surface area (Å²) in [7, 11) is 2.12. The highest BCUT2D eigenvalue weighted by atomic mass is 15.3. The van der Waals surface area contributed by atoms with E-state index < -0.39 is 0 Å². The Hall–Kier alpha value is -1.42. The van der Waals surface area contributed by atoms with Crippen molar-refractivity contribution in [2.24, 2.45) is 0 Å². The normalized spacial score (nSPS) is 17.2. The molecule has 4 nitrogen and oxygen atoms in total. The van der Waals surface area contributed by atoms with Crippen molar-refractivity contribution >= 4 is 5.84 Å². The van der Waals surface area contributed by atoms with Crippen LogP contribution in [0.3, 0.4) is 0 Å².